The fourth-order valence-corrected chi connectivity index (χ4v) is 4.04. The van der Waals surface area contributed by atoms with Crippen LogP contribution in [0.2, 0.25) is 0 Å². The zero-order valence-electron chi connectivity index (χ0n) is 17.2. The quantitative estimate of drug-likeness (QED) is 0.514. The smallest absolute Gasteiger partial charge is 0.414 e. The number of rotatable bonds is 7. The third-order valence-electron chi connectivity index (χ3n) is 5.54. The van der Waals surface area contributed by atoms with Gasteiger partial charge in [-0.25, -0.2) is 4.79 Å². The summed E-state index contributed by atoms with van der Waals surface area (Å²) in [5, 5.41) is 13.7. The SMILES string of the molecule is CC(=O)NC[C@H]1CN(c2ccc3c(c2)CCCc2c(NCCCN)n[nH]c2-3)C(=O)O1. The zero-order valence-corrected chi connectivity index (χ0v) is 17.2. The fourth-order valence-electron chi connectivity index (χ4n) is 4.04. The number of fused-ring (bicyclic) bond motifs is 3. The van der Waals surface area contributed by atoms with E-state index in [1.807, 2.05) is 12.1 Å². The van der Waals surface area contributed by atoms with Crippen LogP contribution in [0.1, 0.15) is 30.9 Å². The van der Waals surface area contributed by atoms with Gasteiger partial charge in [0.25, 0.3) is 0 Å². The molecule has 2 heterocycles. The summed E-state index contributed by atoms with van der Waals surface area (Å²) in [7, 11) is 0. The van der Waals surface area contributed by atoms with Crippen LogP contribution in [-0.4, -0.2) is 54.5 Å². The number of carbonyl (C=O) groups is 2. The van der Waals surface area contributed by atoms with Gasteiger partial charge in [-0.3, -0.25) is 14.8 Å². The zero-order chi connectivity index (χ0) is 21.1. The summed E-state index contributed by atoms with van der Waals surface area (Å²) in [5.41, 5.74) is 10.9. The Bertz CT molecular complexity index is 941. The normalized spacial score (nSPS) is 17.7. The molecular weight excluding hydrogens is 384 g/mol. The molecule has 2 aliphatic rings. The minimum Gasteiger partial charge on any atom is -0.442 e. The van der Waals surface area contributed by atoms with Crippen LogP contribution in [0, 0.1) is 0 Å². The molecule has 1 aliphatic carbocycles. The van der Waals surface area contributed by atoms with E-state index < -0.39 is 0 Å². The molecule has 0 radical (unpaired) electrons. The van der Waals surface area contributed by atoms with E-state index in [0.717, 1.165) is 55.0 Å². The van der Waals surface area contributed by atoms with E-state index in [-0.39, 0.29) is 18.1 Å². The highest BCUT2D eigenvalue weighted by molar-refractivity contribution is 5.90. The van der Waals surface area contributed by atoms with E-state index in [4.69, 9.17) is 10.5 Å². The number of amides is 2. The molecule has 0 bridgehead atoms. The number of aromatic amines is 1. The van der Waals surface area contributed by atoms with Crippen LogP contribution in [-0.2, 0) is 22.4 Å². The Morgan fingerprint density at radius 1 is 1.40 bits per heavy atom. The number of hydrogen-bond donors (Lipinski definition) is 4. The highest BCUT2D eigenvalue weighted by Crippen LogP contribution is 2.36. The summed E-state index contributed by atoms with van der Waals surface area (Å²) >= 11 is 0. The number of anilines is 2. The molecular formula is C21H28N6O3. The molecule has 0 spiro atoms. The lowest BCUT2D eigenvalue weighted by atomic mass is 10.0. The van der Waals surface area contributed by atoms with E-state index >= 15 is 0 Å². The van der Waals surface area contributed by atoms with Crippen molar-refractivity contribution in [1.29, 1.82) is 0 Å². The Labute approximate surface area is 175 Å². The van der Waals surface area contributed by atoms with Crippen LogP contribution in [0.25, 0.3) is 11.3 Å². The largest absolute Gasteiger partial charge is 0.442 e. The number of hydrogen-bond acceptors (Lipinski definition) is 6. The third kappa shape index (κ3) is 4.11. The van der Waals surface area contributed by atoms with E-state index in [0.29, 0.717) is 19.6 Å². The molecule has 0 unspecified atom stereocenters. The predicted octanol–water partition coefficient (Wildman–Crippen LogP) is 1.79. The first-order valence-electron chi connectivity index (χ1n) is 10.4. The maximum atomic E-state index is 12.4. The summed E-state index contributed by atoms with van der Waals surface area (Å²) in [5.74, 6) is 0.765. The molecule has 1 aromatic heterocycles. The first-order valence-corrected chi connectivity index (χ1v) is 10.4. The van der Waals surface area contributed by atoms with Crippen LogP contribution in [0.4, 0.5) is 16.3 Å². The highest BCUT2D eigenvalue weighted by Gasteiger charge is 2.33. The molecule has 0 saturated carbocycles. The van der Waals surface area contributed by atoms with Gasteiger partial charge in [0, 0.05) is 30.3 Å². The Morgan fingerprint density at radius 3 is 3.07 bits per heavy atom. The van der Waals surface area contributed by atoms with Gasteiger partial charge in [-0.1, -0.05) is 6.07 Å². The molecule has 1 aromatic carbocycles. The number of ether oxygens (including phenoxy) is 1. The second-order valence-corrected chi connectivity index (χ2v) is 7.74. The topological polar surface area (TPSA) is 125 Å². The van der Waals surface area contributed by atoms with Gasteiger partial charge in [0.05, 0.1) is 18.8 Å². The summed E-state index contributed by atoms with van der Waals surface area (Å²) in [6.45, 7) is 3.64. The van der Waals surface area contributed by atoms with Crippen molar-refractivity contribution in [1.82, 2.24) is 15.5 Å². The van der Waals surface area contributed by atoms with Gasteiger partial charge >= 0.3 is 6.09 Å². The number of nitrogens with zero attached hydrogens (tertiary/aromatic N) is 2. The van der Waals surface area contributed by atoms with Gasteiger partial charge in [-0.15, -0.1) is 0 Å². The van der Waals surface area contributed by atoms with Crippen molar-refractivity contribution in [2.24, 2.45) is 5.73 Å². The Kier molecular flexibility index (Phi) is 5.89. The van der Waals surface area contributed by atoms with Crippen molar-refractivity contribution >= 4 is 23.5 Å². The van der Waals surface area contributed by atoms with Crippen LogP contribution >= 0.6 is 0 Å². The maximum absolute atomic E-state index is 12.4. The third-order valence-corrected chi connectivity index (χ3v) is 5.54. The second kappa shape index (κ2) is 8.74. The minimum atomic E-state index is -0.382. The van der Waals surface area contributed by atoms with E-state index in [9.17, 15) is 9.59 Å². The van der Waals surface area contributed by atoms with Crippen LogP contribution < -0.4 is 21.3 Å². The van der Waals surface area contributed by atoms with E-state index in [1.165, 1.54) is 18.1 Å². The van der Waals surface area contributed by atoms with Crippen LogP contribution in [0.15, 0.2) is 18.2 Å². The molecule has 1 atom stereocenters. The molecule has 9 nitrogen and oxygen atoms in total. The number of nitrogens with one attached hydrogen (secondary N) is 3. The summed E-state index contributed by atoms with van der Waals surface area (Å²) < 4.78 is 5.39. The number of carbonyl (C=O) groups excluding carboxylic acids is 2. The lowest BCUT2D eigenvalue weighted by molar-refractivity contribution is -0.119. The first kappa shape index (κ1) is 20.2. The lowest BCUT2D eigenvalue weighted by Gasteiger charge is -2.16. The maximum Gasteiger partial charge on any atom is 0.414 e. The summed E-state index contributed by atoms with van der Waals surface area (Å²) in [4.78, 5) is 25.1. The van der Waals surface area contributed by atoms with E-state index in [1.54, 1.807) is 4.90 Å². The molecule has 1 aliphatic heterocycles. The van der Waals surface area contributed by atoms with Crippen LogP contribution in [0.5, 0.6) is 0 Å². The number of aromatic nitrogens is 2. The monoisotopic (exact) mass is 412 g/mol. The molecule has 1 fully saturated rings. The standard InChI is InChI=1S/C21H28N6O3/c1-13(28)24-11-16-12-27(21(29)30-16)15-6-7-17-14(10-15)4-2-5-18-19(17)25-26-20(18)23-9-3-8-22/h6-7,10,16H,2-5,8-9,11-12,22H2,1H3,(H,24,28)(H2,23,25,26)/t16-/m0/s1. The average Bonchev–Trinajstić information content (AvgIpc) is 3.24. The molecule has 1 saturated heterocycles. The van der Waals surface area contributed by atoms with Crippen molar-refractivity contribution in [2.75, 3.05) is 36.4 Å². The van der Waals surface area contributed by atoms with Crippen molar-refractivity contribution < 1.29 is 14.3 Å². The molecule has 30 heavy (non-hydrogen) atoms. The molecule has 5 N–H and O–H groups in total. The second-order valence-electron chi connectivity index (χ2n) is 7.74. The van der Waals surface area contributed by atoms with Gasteiger partial charge in [0.15, 0.2) is 5.82 Å². The Morgan fingerprint density at radius 2 is 2.27 bits per heavy atom. The first-order chi connectivity index (χ1) is 14.6. The van der Waals surface area contributed by atoms with Crippen molar-refractivity contribution in [3.8, 4) is 11.3 Å². The Hall–Kier alpha value is -3.07. The minimum absolute atomic E-state index is 0.137. The average molecular weight is 412 g/mol. The molecule has 2 aromatic rings. The number of aryl methyl sites for hydroxylation is 1. The number of cyclic esters (lactones) is 1. The molecule has 2 amide bonds. The number of H-pyrrole nitrogens is 1. The fraction of sp³-hybridized carbons (Fsp3) is 0.476. The van der Waals surface area contributed by atoms with Crippen LogP contribution in [0.3, 0.4) is 0 Å². The highest BCUT2D eigenvalue weighted by atomic mass is 16.6. The van der Waals surface area contributed by atoms with Gasteiger partial charge < -0.3 is 21.1 Å². The number of benzene rings is 1. The summed E-state index contributed by atoms with van der Waals surface area (Å²) in [6.07, 6.45) is 3.03. The van der Waals surface area contributed by atoms with Crippen molar-refractivity contribution in [2.45, 2.75) is 38.7 Å². The van der Waals surface area contributed by atoms with Gasteiger partial charge in [-0.05, 0) is 49.9 Å². The van der Waals surface area contributed by atoms with Crippen molar-refractivity contribution in [3.05, 3.63) is 29.3 Å². The van der Waals surface area contributed by atoms with Crippen molar-refractivity contribution in [3.63, 3.8) is 0 Å². The molecule has 9 heteroatoms. The lowest BCUT2D eigenvalue weighted by Crippen LogP contribution is -2.33. The Balaban J connectivity index is 1.54. The van der Waals surface area contributed by atoms with Gasteiger partial charge in [-0.2, -0.15) is 5.10 Å². The summed E-state index contributed by atoms with van der Waals surface area (Å²) in [6, 6.07) is 6.05. The molecule has 4 rings (SSSR count). The predicted molar refractivity (Wildman–Crippen MR) is 115 cm³/mol. The number of nitrogens with two attached hydrogens (primary N) is 1. The molecule has 160 valence electrons. The van der Waals surface area contributed by atoms with Gasteiger partial charge in [0.2, 0.25) is 5.91 Å². The van der Waals surface area contributed by atoms with E-state index in [2.05, 4.69) is 26.9 Å². The van der Waals surface area contributed by atoms with Gasteiger partial charge in [0.1, 0.15) is 6.10 Å².